The summed E-state index contributed by atoms with van der Waals surface area (Å²) in [6, 6.07) is 12.2. The summed E-state index contributed by atoms with van der Waals surface area (Å²) in [5, 5.41) is 16.1. The van der Waals surface area contributed by atoms with Crippen LogP contribution >= 0.6 is 0 Å². The molecule has 1 fully saturated rings. The molecule has 0 radical (unpaired) electrons. The van der Waals surface area contributed by atoms with Gasteiger partial charge < -0.3 is 10.6 Å². The van der Waals surface area contributed by atoms with E-state index in [0.717, 1.165) is 5.69 Å². The van der Waals surface area contributed by atoms with Gasteiger partial charge in [-0.05, 0) is 30.3 Å². The predicted molar refractivity (Wildman–Crippen MR) is 88.2 cm³/mol. The van der Waals surface area contributed by atoms with Crippen LogP contribution in [0.3, 0.4) is 0 Å². The number of carbonyl (C=O) groups excluding carboxylic acids is 2. The van der Waals surface area contributed by atoms with Gasteiger partial charge in [-0.25, -0.2) is 4.79 Å². The number of nitro benzene ring substituents is 1. The zero-order chi connectivity index (χ0) is 17.1. The molecule has 0 bridgehead atoms. The second kappa shape index (κ2) is 6.37. The topological polar surface area (TPSA) is 105 Å². The summed E-state index contributed by atoms with van der Waals surface area (Å²) in [7, 11) is 0. The van der Waals surface area contributed by atoms with Crippen molar-refractivity contribution in [2.24, 2.45) is 0 Å². The van der Waals surface area contributed by atoms with Crippen LogP contribution < -0.4 is 15.5 Å². The lowest BCUT2D eigenvalue weighted by Crippen LogP contribution is -2.27. The van der Waals surface area contributed by atoms with Gasteiger partial charge in [-0.1, -0.05) is 6.07 Å². The van der Waals surface area contributed by atoms with E-state index < -0.39 is 10.8 Å². The first-order chi connectivity index (χ1) is 11.5. The van der Waals surface area contributed by atoms with E-state index in [1.807, 2.05) is 0 Å². The number of nitrogens with one attached hydrogen (secondary N) is 2. The third kappa shape index (κ3) is 3.17. The molecule has 1 saturated heterocycles. The van der Waals surface area contributed by atoms with Gasteiger partial charge in [-0.3, -0.25) is 19.8 Å². The molecular formula is C16H14N4O4. The Hall–Kier alpha value is -3.42. The molecule has 0 unspecified atom stereocenters. The number of urea groups is 1. The number of amides is 3. The third-order valence-corrected chi connectivity index (χ3v) is 3.61. The first kappa shape index (κ1) is 15.5. The first-order valence-electron chi connectivity index (χ1n) is 7.26. The Balaban J connectivity index is 1.71. The van der Waals surface area contributed by atoms with Gasteiger partial charge in [-0.2, -0.15) is 0 Å². The molecule has 0 aliphatic carbocycles. The van der Waals surface area contributed by atoms with Crippen LogP contribution in [0.4, 0.5) is 21.9 Å². The molecule has 0 spiro atoms. The monoisotopic (exact) mass is 326 g/mol. The van der Waals surface area contributed by atoms with E-state index in [9.17, 15) is 19.7 Å². The minimum absolute atomic E-state index is 0.141. The van der Waals surface area contributed by atoms with E-state index >= 15 is 0 Å². The van der Waals surface area contributed by atoms with Gasteiger partial charge in [0.15, 0.2) is 0 Å². The number of rotatable bonds is 4. The molecule has 3 rings (SSSR count). The van der Waals surface area contributed by atoms with Crippen LogP contribution in [0.5, 0.6) is 0 Å². The van der Waals surface area contributed by atoms with E-state index in [-0.39, 0.29) is 17.3 Å². The van der Waals surface area contributed by atoms with Gasteiger partial charge in [-0.15, -0.1) is 0 Å². The number of nitrogens with zero attached hydrogens (tertiary/aromatic N) is 2. The summed E-state index contributed by atoms with van der Waals surface area (Å²) in [4.78, 5) is 35.6. The summed E-state index contributed by atoms with van der Waals surface area (Å²) in [5.74, 6) is -0.439. The number of carbonyl (C=O) groups is 2. The lowest BCUT2D eigenvalue weighted by molar-refractivity contribution is -0.384. The average Bonchev–Trinajstić information content (AvgIpc) is 3.01. The van der Waals surface area contributed by atoms with E-state index in [2.05, 4.69) is 10.6 Å². The second-order valence-electron chi connectivity index (χ2n) is 5.19. The van der Waals surface area contributed by atoms with Crippen molar-refractivity contribution in [2.75, 3.05) is 23.3 Å². The summed E-state index contributed by atoms with van der Waals surface area (Å²) in [5.41, 5.74) is 1.33. The van der Waals surface area contributed by atoms with Crippen molar-refractivity contribution in [3.05, 3.63) is 64.2 Å². The van der Waals surface area contributed by atoms with E-state index in [1.165, 1.54) is 24.3 Å². The van der Waals surface area contributed by atoms with Crippen LogP contribution in [0.25, 0.3) is 0 Å². The van der Waals surface area contributed by atoms with E-state index in [4.69, 9.17) is 0 Å². The molecule has 0 atom stereocenters. The highest BCUT2D eigenvalue weighted by Gasteiger charge is 2.20. The number of benzene rings is 2. The maximum Gasteiger partial charge on any atom is 0.321 e. The quantitative estimate of drug-likeness (QED) is 0.664. The highest BCUT2D eigenvalue weighted by molar-refractivity contribution is 6.04. The predicted octanol–water partition coefficient (Wildman–Crippen LogP) is 2.38. The normalized spacial score (nSPS) is 13.5. The number of hydrogen-bond acceptors (Lipinski definition) is 4. The molecule has 24 heavy (non-hydrogen) atoms. The molecule has 1 heterocycles. The Kier molecular flexibility index (Phi) is 4.11. The maximum atomic E-state index is 12.2. The Morgan fingerprint density at radius 2 is 1.96 bits per heavy atom. The Morgan fingerprint density at radius 3 is 2.58 bits per heavy atom. The summed E-state index contributed by atoms with van der Waals surface area (Å²) in [6.45, 7) is 1.20. The fourth-order valence-corrected chi connectivity index (χ4v) is 2.41. The van der Waals surface area contributed by atoms with Gasteiger partial charge in [0.2, 0.25) is 0 Å². The zero-order valence-corrected chi connectivity index (χ0v) is 12.6. The largest absolute Gasteiger partial charge is 0.336 e. The van der Waals surface area contributed by atoms with Crippen LogP contribution in [-0.4, -0.2) is 30.0 Å². The fourth-order valence-electron chi connectivity index (χ4n) is 2.41. The number of nitro groups is 1. The van der Waals surface area contributed by atoms with Crippen LogP contribution in [0.1, 0.15) is 10.4 Å². The average molecular weight is 326 g/mol. The first-order valence-corrected chi connectivity index (χ1v) is 7.26. The van der Waals surface area contributed by atoms with Gasteiger partial charge in [0.1, 0.15) is 0 Å². The Labute approximate surface area is 137 Å². The van der Waals surface area contributed by atoms with Gasteiger partial charge in [0.25, 0.3) is 11.6 Å². The SMILES string of the molecule is O=C(Nc1ccc(N2CCNC2=O)cc1)c1cccc([N+](=O)[O-])c1. The molecule has 2 aromatic carbocycles. The minimum Gasteiger partial charge on any atom is -0.336 e. The molecule has 1 aliphatic heterocycles. The summed E-state index contributed by atoms with van der Waals surface area (Å²) < 4.78 is 0. The minimum atomic E-state index is -0.549. The highest BCUT2D eigenvalue weighted by Crippen LogP contribution is 2.20. The van der Waals surface area contributed by atoms with Crippen molar-refractivity contribution < 1.29 is 14.5 Å². The Morgan fingerprint density at radius 1 is 1.21 bits per heavy atom. The summed E-state index contributed by atoms with van der Waals surface area (Å²) >= 11 is 0. The smallest absolute Gasteiger partial charge is 0.321 e. The lowest BCUT2D eigenvalue weighted by Gasteiger charge is -2.14. The summed E-state index contributed by atoms with van der Waals surface area (Å²) in [6.07, 6.45) is 0. The van der Waals surface area contributed by atoms with Crippen LogP contribution in [0, 0.1) is 10.1 Å². The number of non-ortho nitro benzene ring substituents is 1. The standard InChI is InChI=1S/C16H14N4O4/c21-15(11-2-1-3-14(10-11)20(23)24)18-12-4-6-13(7-5-12)19-9-8-17-16(19)22/h1-7,10H,8-9H2,(H,17,22)(H,18,21). The number of hydrogen-bond donors (Lipinski definition) is 2. The van der Waals surface area contributed by atoms with E-state index in [1.54, 1.807) is 29.2 Å². The third-order valence-electron chi connectivity index (χ3n) is 3.61. The van der Waals surface area contributed by atoms with Crippen LogP contribution in [0.2, 0.25) is 0 Å². The van der Waals surface area contributed by atoms with Crippen molar-refractivity contribution in [1.82, 2.24) is 5.32 Å². The second-order valence-corrected chi connectivity index (χ2v) is 5.19. The Bertz CT molecular complexity index is 804. The molecule has 122 valence electrons. The fraction of sp³-hybridized carbons (Fsp3) is 0.125. The van der Waals surface area contributed by atoms with Crippen LogP contribution in [-0.2, 0) is 0 Å². The molecular weight excluding hydrogens is 312 g/mol. The van der Waals surface area contributed by atoms with Crippen molar-refractivity contribution in [3.63, 3.8) is 0 Å². The maximum absolute atomic E-state index is 12.2. The molecule has 8 nitrogen and oxygen atoms in total. The van der Waals surface area contributed by atoms with Crippen LogP contribution in [0.15, 0.2) is 48.5 Å². The lowest BCUT2D eigenvalue weighted by atomic mass is 10.2. The van der Waals surface area contributed by atoms with Gasteiger partial charge >= 0.3 is 6.03 Å². The zero-order valence-electron chi connectivity index (χ0n) is 12.6. The van der Waals surface area contributed by atoms with E-state index in [0.29, 0.717) is 18.8 Å². The molecule has 3 amide bonds. The van der Waals surface area contributed by atoms with Crippen molar-refractivity contribution in [1.29, 1.82) is 0 Å². The number of anilines is 2. The molecule has 0 aromatic heterocycles. The van der Waals surface area contributed by atoms with Crippen molar-refractivity contribution in [2.45, 2.75) is 0 Å². The molecule has 2 aromatic rings. The molecule has 8 heteroatoms. The van der Waals surface area contributed by atoms with Crippen molar-refractivity contribution >= 4 is 29.0 Å². The van der Waals surface area contributed by atoms with Gasteiger partial charge in [0.05, 0.1) is 4.92 Å². The van der Waals surface area contributed by atoms with Crippen molar-refractivity contribution in [3.8, 4) is 0 Å². The highest BCUT2D eigenvalue weighted by atomic mass is 16.6. The molecule has 1 aliphatic rings. The molecule has 2 N–H and O–H groups in total. The molecule has 0 saturated carbocycles. The van der Waals surface area contributed by atoms with Gasteiger partial charge in [0, 0.05) is 42.2 Å².